The molecule has 1 aliphatic carbocycles. The maximum atomic E-state index is 6.00. The van der Waals surface area contributed by atoms with Gasteiger partial charge in [-0.25, -0.2) is 4.98 Å². The van der Waals surface area contributed by atoms with E-state index in [4.69, 9.17) is 4.74 Å². The summed E-state index contributed by atoms with van der Waals surface area (Å²) >= 11 is 0. The predicted octanol–water partition coefficient (Wildman–Crippen LogP) is 3.93. The highest BCUT2D eigenvalue weighted by Gasteiger charge is 2.14. The van der Waals surface area contributed by atoms with Gasteiger partial charge in [0.25, 0.3) is 0 Å². The highest BCUT2D eigenvalue weighted by Crippen LogP contribution is 2.21. The van der Waals surface area contributed by atoms with Gasteiger partial charge in [-0.2, -0.15) is 0 Å². The first-order chi connectivity index (χ1) is 9.74. The molecule has 20 heavy (non-hydrogen) atoms. The number of nitrogens with zero attached hydrogens (tertiary/aromatic N) is 1. The lowest BCUT2D eigenvalue weighted by molar-refractivity contribution is 0.176. The van der Waals surface area contributed by atoms with Gasteiger partial charge in [-0.1, -0.05) is 32.8 Å². The van der Waals surface area contributed by atoms with E-state index in [1.807, 2.05) is 12.3 Å². The lowest BCUT2D eigenvalue weighted by Crippen LogP contribution is -2.19. The summed E-state index contributed by atoms with van der Waals surface area (Å²) < 4.78 is 6.00. The summed E-state index contributed by atoms with van der Waals surface area (Å²) in [7, 11) is 0. The van der Waals surface area contributed by atoms with Crippen LogP contribution in [0.4, 0.5) is 0 Å². The van der Waals surface area contributed by atoms with Crippen molar-refractivity contribution in [2.75, 3.05) is 6.54 Å². The largest absolute Gasteiger partial charge is 0.474 e. The number of hydrogen-bond acceptors (Lipinski definition) is 3. The minimum atomic E-state index is 0.370. The van der Waals surface area contributed by atoms with Crippen LogP contribution in [0.15, 0.2) is 18.3 Å². The van der Waals surface area contributed by atoms with Gasteiger partial charge in [0.05, 0.1) is 0 Å². The van der Waals surface area contributed by atoms with Crippen molar-refractivity contribution < 1.29 is 4.74 Å². The summed E-state index contributed by atoms with van der Waals surface area (Å²) in [6, 6.07) is 4.13. The van der Waals surface area contributed by atoms with Crippen LogP contribution >= 0.6 is 0 Å². The fourth-order valence-electron chi connectivity index (χ4n) is 2.62. The lowest BCUT2D eigenvalue weighted by Gasteiger charge is -2.16. The normalized spacial score (nSPS) is 17.1. The van der Waals surface area contributed by atoms with Crippen molar-refractivity contribution in [3.63, 3.8) is 0 Å². The minimum absolute atomic E-state index is 0.370. The lowest BCUT2D eigenvalue weighted by atomic mass is 10.1. The molecular formula is C17H28N2O. The van der Waals surface area contributed by atoms with E-state index in [9.17, 15) is 0 Å². The summed E-state index contributed by atoms with van der Waals surface area (Å²) in [4.78, 5) is 4.44. The van der Waals surface area contributed by atoms with Crippen molar-refractivity contribution in [2.24, 2.45) is 5.92 Å². The van der Waals surface area contributed by atoms with Crippen molar-refractivity contribution in [1.82, 2.24) is 10.3 Å². The standard InChI is InChI=1S/C17H28N2O/c1-14(2)11-18-12-15-9-10-17(19-13-15)20-16-7-5-3-4-6-8-16/h9-10,13-14,16,18H,3-8,11-12H2,1-2H3. The molecule has 112 valence electrons. The molecule has 2 rings (SSSR count). The molecule has 1 aromatic rings. The van der Waals surface area contributed by atoms with Crippen LogP contribution in [-0.4, -0.2) is 17.6 Å². The third-order valence-corrected chi connectivity index (χ3v) is 3.77. The van der Waals surface area contributed by atoms with Crippen molar-refractivity contribution in [2.45, 2.75) is 65.0 Å². The molecule has 1 N–H and O–H groups in total. The number of nitrogens with one attached hydrogen (secondary N) is 1. The smallest absolute Gasteiger partial charge is 0.213 e. The average molecular weight is 276 g/mol. The Bertz CT molecular complexity index is 367. The average Bonchev–Trinajstić information content (AvgIpc) is 2.69. The van der Waals surface area contributed by atoms with E-state index >= 15 is 0 Å². The molecule has 3 nitrogen and oxygen atoms in total. The topological polar surface area (TPSA) is 34.1 Å². The molecule has 0 aliphatic heterocycles. The van der Waals surface area contributed by atoms with Gasteiger partial charge in [0.2, 0.25) is 5.88 Å². The second-order valence-corrected chi connectivity index (χ2v) is 6.26. The van der Waals surface area contributed by atoms with E-state index in [0.717, 1.165) is 19.0 Å². The second-order valence-electron chi connectivity index (χ2n) is 6.26. The first kappa shape index (κ1) is 15.3. The van der Waals surface area contributed by atoms with Gasteiger partial charge in [0.1, 0.15) is 6.10 Å². The summed E-state index contributed by atoms with van der Waals surface area (Å²) in [6.45, 7) is 6.36. The Labute approximate surface area is 123 Å². The van der Waals surface area contributed by atoms with Crippen LogP contribution in [-0.2, 0) is 6.54 Å². The van der Waals surface area contributed by atoms with Crippen molar-refractivity contribution in [1.29, 1.82) is 0 Å². The highest BCUT2D eigenvalue weighted by molar-refractivity contribution is 5.18. The fraction of sp³-hybridized carbons (Fsp3) is 0.706. The van der Waals surface area contributed by atoms with Crippen molar-refractivity contribution in [3.8, 4) is 5.88 Å². The third kappa shape index (κ3) is 5.49. The maximum Gasteiger partial charge on any atom is 0.213 e. The molecule has 0 radical (unpaired) electrons. The highest BCUT2D eigenvalue weighted by atomic mass is 16.5. The van der Waals surface area contributed by atoms with Crippen LogP contribution in [0.5, 0.6) is 5.88 Å². The van der Waals surface area contributed by atoms with E-state index < -0.39 is 0 Å². The van der Waals surface area contributed by atoms with Gasteiger partial charge < -0.3 is 10.1 Å². The predicted molar refractivity (Wildman–Crippen MR) is 82.9 cm³/mol. The summed E-state index contributed by atoms with van der Waals surface area (Å²) in [5.74, 6) is 1.46. The first-order valence-electron chi connectivity index (χ1n) is 8.06. The minimum Gasteiger partial charge on any atom is -0.474 e. The Morgan fingerprint density at radius 3 is 2.55 bits per heavy atom. The van der Waals surface area contributed by atoms with Gasteiger partial charge >= 0.3 is 0 Å². The Morgan fingerprint density at radius 1 is 1.20 bits per heavy atom. The monoisotopic (exact) mass is 276 g/mol. The molecular weight excluding hydrogens is 248 g/mol. The molecule has 1 aliphatic rings. The van der Waals surface area contributed by atoms with Crippen LogP contribution < -0.4 is 10.1 Å². The Hall–Kier alpha value is -1.09. The number of hydrogen-bond donors (Lipinski definition) is 1. The van der Waals surface area contributed by atoms with E-state index in [1.54, 1.807) is 0 Å². The van der Waals surface area contributed by atoms with E-state index in [2.05, 4.69) is 30.2 Å². The van der Waals surface area contributed by atoms with Crippen LogP contribution in [0, 0.1) is 5.92 Å². The number of pyridine rings is 1. The molecule has 0 spiro atoms. The zero-order valence-electron chi connectivity index (χ0n) is 12.9. The molecule has 0 unspecified atom stereocenters. The number of aromatic nitrogens is 1. The van der Waals surface area contributed by atoms with Crippen molar-refractivity contribution >= 4 is 0 Å². The van der Waals surface area contributed by atoms with Gasteiger partial charge in [0, 0.05) is 18.8 Å². The van der Waals surface area contributed by atoms with Crippen molar-refractivity contribution in [3.05, 3.63) is 23.9 Å². The molecule has 0 amide bonds. The molecule has 1 heterocycles. The molecule has 0 bridgehead atoms. The van der Waals surface area contributed by atoms with E-state index in [0.29, 0.717) is 12.0 Å². The Morgan fingerprint density at radius 2 is 1.95 bits per heavy atom. The van der Waals surface area contributed by atoms with E-state index in [-0.39, 0.29) is 0 Å². The zero-order valence-corrected chi connectivity index (χ0v) is 12.9. The summed E-state index contributed by atoms with van der Waals surface area (Å²) in [6.07, 6.45) is 9.96. The third-order valence-electron chi connectivity index (χ3n) is 3.77. The molecule has 0 aromatic carbocycles. The molecule has 0 saturated heterocycles. The second kappa shape index (κ2) is 8.25. The summed E-state index contributed by atoms with van der Waals surface area (Å²) in [5.41, 5.74) is 1.22. The molecule has 0 atom stereocenters. The van der Waals surface area contributed by atoms with Gasteiger partial charge in [-0.3, -0.25) is 0 Å². The molecule has 1 aromatic heterocycles. The molecule has 1 saturated carbocycles. The quantitative estimate of drug-likeness (QED) is 0.799. The number of ether oxygens (including phenoxy) is 1. The Balaban J connectivity index is 1.78. The van der Waals surface area contributed by atoms with E-state index in [1.165, 1.54) is 44.1 Å². The Kier molecular flexibility index (Phi) is 6.31. The number of rotatable bonds is 6. The summed E-state index contributed by atoms with van der Waals surface area (Å²) in [5, 5.41) is 3.43. The van der Waals surface area contributed by atoms with Crippen LogP contribution in [0.1, 0.15) is 57.9 Å². The van der Waals surface area contributed by atoms with Gasteiger partial charge in [0.15, 0.2) is 0 Å². The van der Waals surface area contributed by atoms with Gasteiger partial charge in [-0.05, 0) is 43.7 Å². The van der Waals surface area contributed by atoms with Gasteiger partial charge in [-0.15, -0.1) is 0 Å². The molecule has 3 heteroatoms. The maximum absolute atomic E-state index is 6.00. The SMILES string of the molecule is CC(C)CNCc1ccc(OC2CCCCCC2)nc1. The first-order valence-corrected chi connectivity index (χ1v) is 8.06. The zero-order chi connectivity index (χ0) is 14.2. The van der Waals surface area contributed by atoms with Crippen LogP contribution in [0.2, 0.25) is 0 Å². The van der Waals surface area contributed by atoms with Crippen LogP contribution in [0.25, 0.3) is 0 Å². The molecule has 1 fully saturated rings. The van der Waals surface area contributed by atoms with Crippen LogP contribution in [0.3, 0.4) is 0 Å². The fourth-order valence-corrected chi connectivity index (χ4v) is 2.62.